The predicted molar refractivity (Wildman–Crippen MR) is 117 cm³/mol. The molecular formula is C22H21N5O4. The SMILES string of the molecule is CC(C)NC(=O)Nc1ccc(O)c(C(=O)Nc2cc(-c3cc4ccccc4o3)[nH]n2)c1. The highest BCUT2D eigenvalue weighted by atomic mass is 16.3. The van der Waals surface area contributed by atoms with Gasteiger partial charge in [0, 0.05) is 23.2 Å². The predicted octanol–water partition coefficient (Wildman–Crippen LogP) is 4.31. The summed E-state index contributed by atoms with van der Waals surface area (Å²) >= 11 is 0. The van der Waals surface area contributed by atoms with E-state index in [4.69, 9.17) is 4.42 Å². The number of rotatable bonds is 5. The van der Waals surface area contributed by atoms with E-state index in [9.17, 15) is 14.7 Å². The lowest BCUT2D eigenvalue weighted by molar-refractivity contribution is 0.102. The molecule has 0 radical (unpaired) electrons. The van der Waals surface area contributed by atoms with Crippen LogP contribution in [-0.4, -0.2) is 33.3 Å². The molecule has 0 unspecified atom stereocenters. The van der Waals surface area contributed by atoms with Crippen LogP contribution < -0.4 is 16.0 Å². The first-order valence-corrected chi connectivity index (χ1v) is 9.65. The molecular weight excluding hydrogens is 398 g/mol. The van der Waals surface area contributed by atoms with Crippen molar-refractivity contribution in [2.45, 2.75) is 19.9 Å². The number of hydrogen-bond acceptors (Lipinski definition) is 5. The summed E-state index contributed by atoms with van der Waals surface area (Å²) in [6.45, 7) is 3.66. The van der Waals surface area contributed by atoms with Gasteiger partial charge in [-0.05, 0) is 44.2 Å². The molecule has 0 aliphatic rings. The largest absolute Gasteiger partial charge is 0.507 e. The number of aromatic nitrogens is 2. The second-order valence-electron chi connectivity index (χ2n) is 7.25. The first-order valence-electron chi connectivity index (χ1n) is 9.65. The minimum Gasteiger partial charge on any atom is -0.507 e. The zero-order chi connectivity index (χ0) is 22.0. The summed E-state index contributed by atoms with van der Waals surface area (Å²) in [4.78, 5) is 24.5. The zero-order valence-corrected chi connectivity index (χ0v) is 16.9. The van der Waals surface area contributed by atoms with E-state index in [1.54, 1.807) is 6.07 Å². The number of phenolic OH excluding ortho intramolecular Hbond substituents is 1. The molecule has 0 atom stereocenters. The number of anilines is 2. The second-order valence-corrected chi connectivity index (χ2v) is 7.25. The third-order valence-electron chi connectivity index (χ3n) is 4.43. The van der Waals surface area contributed by atoms with E-state index in [1.165, 1.54) is 18.2 Å². The number of carbonyl (C=O) groups excluding carboxylic acids is 2. The van der Waals surface area contributed by atoms with E-state index < -0.39 is 11.9 Å². The first-order chi connectivity index (χ1) is 14.9. The molecule has 4 aromatic rings. The molecule has 0 aliphatic heterocycles. The number of benzene rings is 2. The number of aromatic hydroxyl groups is 1. The van der Waals surface area contributed by atoms with E-state index in [0.29, 0.717) is 17.1 Å². The fourth-order valence-electron chi connectivity index (χ4n) is 3.04. The standard InChI is InChI=1S/C22H21N5O4/c1-12(2)23-22(30)24-14-7-8-17(28)15(10-14)21(29)25-20-11-16(26-27-20)19-9-13-5-3-4-6-18(13)31-19/h3-12,28H,1-2H3,(H2,23,24,30)(H2,25,26,27,29). The number of hydrogen-bond donors (Lipinski definition) is 5. The summed E-state index contributed by atoms with van der Waals surface area (Å²) in [6.07, 6.45) is 0. The van der Waals surface area contributed by atoms with Gasteiger partial charge in [0.05, 0.1) is 5.56 Å². The van der Waals surface area contributed by atoms with Gasteiger partial charge in [-0.1, -0.05) is 18.2 Å². The fourth-order valence-corrected chi connectivity index (χ4v) is 3.04. The van der Waals surface area contributed by atoms with E-state index in [-0.39, 0.29) is 23.2 Å². The molecule has 0 aliphatic carbocycles. The van der Waals surface area contributed by atoms with Gasteiger partial charge in [0.15, 0.2) is 11.6 Å². The van der Waals surface area contributed by atoms with Crippen LogP contribution in [0.25, 0.3) is 22.4 Å². The van der Waals surface area contributed by atoms with Gasteiger partial charge in [-0.15, -0.1) is 0 Å². The Bertz CT molecular complexity index is 1220. The number of carbonyl (C=O) groups is 2. The average Bonchev–Trinajstić information content (AvgIpc) is 3.35. The molecule has 0 bridgehead atoms. The van der Waals surface area contributed by atoms with E-state index in [0.717, 1.165) is 11.0 Å². The quantitative estimate of drug-likeness (QED) is 0.308. The van der Waals surface area contributed by atoms with Crippen LogP contribution in [0.5, 0.6) is 5.75 Å². The Balaban J connectivity index is 1.49. The lowest BCUT2D eigenvalue weighted by Gasteiger charge is -2.11. The zero-order valence-electron chi connectivity index (χ0n) is 16.9. The molecule has 2 aromatic heterocycles. The molecule has 5 N–H and O–H groups in total. The summed E-state index contributed by atoms with van der Waals surface area (Å²) < 4.78 is 5.79. The number of amides is 3. The number of nitrogens with one attached hydrogen (secondary N) is 4. The van der Waals surface area contributed by atoms with Crippen LogP contribution in [0.1, 0.15) is 24.2 Å². The van der Waals surface area contributed by atoms with E-state index >= 15 is 0 Å². The van der Waals surface area contributed by atoms with Gasteiger partial charge < -0.3 is 25.5 Å². The Kier molecular flexibility index (Phi) is 5.31. The number of nitrogens with zero attached hydrogens (tertiary/aromatic N) is 1. The highest BCUT2D eigenvalue weighted by Gasteiger charge is 2.16. The van der Waals surface area contributed by atoms with Gasteiger partial charge in [0.1, 0.15) is 17.0 Å². The number of urea groups is 1. The van der Waals surface area contributed by atoms with Crippen molar-refractivity contribution in [1.29, 1.82) is 0 Å². The van der Waals surface area contributed by atoms with Crippen LogP contribution in [0.15, 0.2) is 59.0 Å². The van der Waals surface area contributed by atoms with Crippen molar-refractivity contribution in [2.24, 2.45) is 0 Å². The van der Waals surface area contributed by atoms with E-state index in [1.807, 2.05) is 44.2 Å². The Hall–Kier alpha value is -4.27. The third kappa shape index (κ3) is 4.50. The van der Waals surface area contributed by atoms with Crippen molar-refractivity contribution in [3.63, 3.8) is 0 Å². The summed E-state index contributed by atoms with van der Waals surface area (Å²) in [5.74, 6) is 0.0450. The first kappa shape index (κ1) is 20.0. The van der Waals surface area contributed by atoms with Gasteiger partial charge in [-0.25, -0.2) is 4.79 Å². The summed E-state index contributed by atoms with van der Waals surface area (Å²) in [5, 5.41) is 25.9. The number of aromatic amines is 1. The lowest BCUT2D eigenvalue weighted by atomic mass is 10.1. The van der Waals surface area contributed by atoms with Gasteiger partial charge in [0.2, 0.25) is 0 Å². The topological polar surface area (TPSA) is 132 Å². The Morgan fingerprint density at radius 2 is 1.87 bits per heavy atom. The minimum atomic E-state index is -0.576. The molecule has 0 fully saturated rings. The number of para-hydroxylation sites is 1. The molecule has 3 amide bonds. The molecule has 0 saturated heterocycles. The maximum atomic E-state index is 12.7. The number of fused-ring (bicyclic) bond motifs is 1. The number of H-pyrrole nitrogens is 1. The van der Waals surface area contributed by atoms with Crippen LogP contribution >= 0.6 is 0 Å². The highest BCUT2D eigenvalue weighted by Crippen LogP contribution is 2.28. The van der Waals surface area contributed by atoms with Crippen molar-refractivity contribution in [3.8, 4) is 17.2 Å². The summed E-state index contributed by atoms with van der Waals surface area (Å²) in [6, 6.07) is 14.9. The summed E-state index contributed by atoms with van der Waals surface area (Å²) in [7, 11) is 0. The normalized spacial score (nSPS) is 10.9. The number of furan rings is 1. The maximum absolute atomic E-state index is 12.7. The Morgan fingerprint density at radius 1 is 1.06 bits per heavy atom. The second kappa shape index (κ2) is 8.23. The van der Waals surface area contributed by atoms with Crippen LogP contribution in [0, 0.1) is 0 Å². The van der Waals surface area contributed by atoms with Crippen molar-refractivity contribution in [3.05, 3.63) is 60.2 Å². The number of phenols is 1. The van der Waals surface area contributed by atoms with Crippen LogP contribution in [-0.2, 0) is 0 Å². The van der Waals surface area contributed by atoms with Gasteiger partial charge in [-0.2, -0.15) is 5.10 Å². The minimum absolute atomic E-state index is 0.00404. The van der Waals surface area contributed by atoms with Gasteiger partial charge in [-0.3, -0.25) is 9.89 Å². The average molecular weight is 419 g/mol. The molecule has 0 saturated carbocycles. The molecule has 9 nitrogen and oxygen atoms in total. The van der Waals surface area contributed by atoms with Gasteiger partial charge in [0.25, 0.3) is 5.91 Å². The lowest BCUT2D eigenvalue weighted by Crippen LogP contribution is -2.34. The molecule has 2 aromatic carbocycles. The van der Waals surface area contributed by atoms with Crippen molar-refractivity contribution in [2.75, 3.05) is 10.6 Å². The third-order valence-corrected chi connectivity index (χ3v) is 4.43. The van der Waals surface area contributed by atoms with Crippen molar-refractivity contribution >= 4 is 34.4 Å². The van der Waals surface area contributed by atoms with Crippen LogP contribution in [0.4, 0.5) is 16.3 Å². The monoisotopic (exact) mass is 419 g/mol. The molecule has 9 heteroatoms. The summed E-state index contributed by atoms with van der Waals surface area (Å²) in [5.41, 5.74) is 1.70. The molecule has 2 heterocycles. The Morgan fingerprint density at radius 3 is 2.65 bits per heavy atom. The molecule has 0 spiro atoms. The highest BCUT2D eigenvalue weighted by molar-refractivity contribution is 6.07. The molecule has 31 heavy (non-hydrogen) atoms. The van der Waals surface area contributed by atoms with Crippen molar-refractivity contribution < 1.29 is 19.1 Å². The smallest absolute Gasteiger partial charge is 0.319 e. The fraction of sp³-hybridized carbons (Fsp3) is 0.136. The van der Waals surface area contributed by atoms with Crippen LogP contribution in [0.2, 0.25) is 0 Å². The molecule has 158 valence electrons. The molecule has 4 rings (SSSR count). The van der Waals surface area contributed by atoms with Crippen molar-refractivity contribution in [1.82, 2.24) is 15.5 Å². The van der Waals surface area contributed by atoms with Gasteiger partial charge >= 0.3 is 6.03 Å². The maximum Gasteiger partial charge on any atom is 0.319 e. The van der Waals surface area contributed by atoms with E-state index in [2.05, 4.69) is 26.1 Å². The Labute approximate surface area is 177 Å². The van der Waals surface area contributed by atoms with Crippen LogP contribution in [0.3, 0.4) is 0 Å².